The molecule has 4 heteroatoms. The fourth-order valence-corrected chi connectivity index (χ4v) is 2.39. The maximum atomic E-state index is 13.7. The van der Waals surface area contributed by atoms with Crippen LogP contribution < -0.4 is 0 Å². The van der Waals surface area contributed by atoms with E-state index < -0.39 is 17.2 Å². The zero-order valence-corrected chi connectivity index (χ0v) is 9.92. The molecule has 1 saturated heterocycles. The Labute approximate surface area is 99.9 Å². The molecule has 17 heavy (non-hydrogen) atoms. The topological polar surface area (TPSA) is 23.5 Å². The lowest BCUT2D eigenvalue weighted by molar-refractivity contribution is 0.0183. The Morgan fingerprint density at radius 1 is 1.24 bits per heavy atom. The van der Waals surface area contributed by atoms with Gasteiger partial charge in [-0.15, -0.1) is 0 Å². The first-order valence-electron chi connectivity index (χ1n) is 5.88. The molecular weight excluding hydrogens is 224 g/mol. The van der Waals surface area contributed by atoms with Gasteiger partial charge in [0.25, 0.3) is 0 Å². The van der Waals surface area contributed by atoms with E-state index in [0.717, 1.165) is 19.0 Å². The standard InChI is InChI=1S/C13H17F2NO/c1-16-7-2-5-13(17,6-8-16)11-4-3-10(14)9-12(11)15/h3-4,9,17H,2,5-8H2,1H3. The van der Waals surface area contributed by atoms with Gasteiger partial charge in [-0.05, 0) is 38.9 Å². The van der Waals surface area contributed by atoms with Crippen LogP contribution in [0, 0.1) is 11.6 Å². The first-order chi connectivity index (χ1) is 8.01. The minimum absolute atomic E-state index is 0.217. The third kappa shape index (κ3) is 2.64. The van der Waals surface area contributed by atoms with Crippen molar-refractivity contribution in [2.75, 3.05) is 20.1 Å². The predicted molar refractivity (Wildman–Crippen MR) is 61.6 cm³/mol. The Hall–Kier alpha value is -1.00. The van der Waals surface area contributed by atoms with E-state index in [1.165, 1.54) is 12.1 Å². The fourth-order valence-electron chi connectivity index (χ4n) is 2.39. The Morgan fingerprint density at radius 2 is 2.00 bits per heavy atom. The van der Waals surface area contributed by atoms with Crippen molar-refractivity contribution in [2.45, 2.75) is 24.9 Å². The van der Waals surface area contributed by atoms with Crippen LogP contribution in [0.5, 0.6) is 0 Å². The van der Waals surface area contributed by atoms with Gasteiger partial charge in [-0.3, -0.25) is 0 Å². The molecular formula is C13H17F2NO. The van der Waals surface area contributed by atoms with Crippen molar-refractivity contribution in [3.05, 3.63) is 35.4 Å². The van der Waals surface area contributed by atoms with Crippen molar-refractivity contribution in [2.24, 2.45) is 0 Å². The molecule has 0 aliphatic carbocycles. The number of aliphatic hydroxyl groups is 1. The second-order valence-corrected chi connectivity index (χ2v) is 4.81. The van der Waals surface area contributed by atoms with E-state index in [2.05, 4.69) is 4.90 Å². The van der Waals surface area contributed by atoms with Crippen LogP contribution in [0.2, 0.25) is 0 Å². The zero-order valence-electron chi connectivity index (χ0n) is 9.92. The van der Waals surface area contributed by atoms with Crippen LogP contribution in [0.3, 0.4) is 0 Å². The van der Waals surface area contributed by atoms with Crippen molar-refractivity contribution in [1.82, 2.24) is 4.90 Å². The molecule has 0 aromatic heterocycles. The first-order valence-corrected chi connectivity index (χ1v) is 5.88. The summed E-state index contributed by atoms with van der Waals surface area (Å²) in [5.41, 5.74) is -0.947. The molecule has 1 heterocycles. The smallest absolute Gasteiger partial charge is 0.132 e. The van der Waals surface area contributed by atoms with Gasteiger partial charge in [0.2, 0.25) is 0 Å². The van der Waals surface area contributed by atoms with Crippen molar-refractivity contribution in [1.29, 1.82) is 0 Å². The third-order valence-corrected chi connectivity index (χ3v) is 3.47. The Bertz CT molecular complexity index is 410. The summed E-state index contributed by atoms with van der Waals surface area (Å²) in [5, 5.41) is 10.5. The quantitative estimate of drug-likeness (QED) is 0.815. The van der Waals surface area contributed by atoms with Crippen LogP contribution in [-0.4, -0.2) is 30.1 Å². The molecule has 94 valence electrons. The number of nitrogens with zero attached hydrogens (tertiary/aromatic N) is 1. The summed E-state index contributed by atoms with van der Waals surface area (Å²) in [4.78, 5) is 2.11. The summed E-state index contributed by atoms with van der Waals surface area (Å²) in [6.45, 7) is 1.61. The van der Waals surface area contributed by atoms with Gasteiger partial charge in [-0.25, -0.2) is 8.78 Å². The molecule has 1 atom stereocenters. The highest BCUT2D eigenvalue weighted by Crippen LogP contribution is 2.34. The number of halogens is 2. The van der Waals surface area contributed by atoms with Gasteiger partial charge in [-0.1, -0.05) is 6.07 Å². The number of likely N-dealkylation sites (tertiary alicyclic amines) is 1. The highest BCUT2D eigenvalue weighted by Gasteiger charge is 2.33. The van der Waals surface area contributed by atoms with E-state index in [0.29, 0.717) is 19.4 Å². The van der Waals surface area contributed by atoms with Gasteiger partial charge in [0.1, 0.15) is 11.6 Å². The predicted octanol–water partition coefficient (Wildman–Crippen LogP) is 2.27. The summed E-state index contributed by atoms with van der Waals surface area (Å²) >= 11 is 0. The van der Waals surface area contributed by atoms with Crippen molar-refractivity contribution >= 4 is 0 Å². The van der Waals surface area contributed by atoms with E-state index in [-0.39, 0.29) is 5.56 Å². The molecule has 1 N–H and O–H groups in total. The normalized spacial score (nSPS) is 26.8. The van der Waals surface area contributed by atoms with E-state index in [1.807, 2.05) is 7.05 Å². The van der Waals surface area contributed by atoms with Gasteiger partial charge in [-0.2, -0.15) is 0 Å². The largest absolute Gasteiger partial charge is 0.385 e. The van der Waals surface area contributed by atoms with Crippen LogP contribution in [0.4, 0.5) is 8.78 Å². The van der Waals surface area contributed by atoms with Gasteiger partial charge in [0.15, 0.2) is 0 Å². The number of hydrogen-bond acceptors (Lipinski definition) is 2. The molecule has 0 bridgehead atoms. The molecule has 0 spiro atoms. The van der Waals surface area contributed by atoms with Gasteiger partial charge in [0, 0.05) is 18.2 Å². The van der Waals surface area contributed by atoms with Gasteiger partial charge < -0.3 is 10.0 Å². The highest BCUT2D eigenvalue weighted by molar-refractivity contribution is 5.25. The summed E-state index contributed by atoms with van der Waals surface area (Å²) in [6.07, 6.45) is 1.80. The monoisotopic (exact) mass is 241 g/mol. The number of benzene rings is 1. The first kappa shape index (κ1) is 12.5. The molecule has 1 aliphatic heterocycles. The van der Waals surface area contributed by atoms with E-state index >= 15 is 0 Å². The molecule has 1 unspecified atom stereocenters. The van der Waals surface area contributed by atoms with Crippen LogP contribution in [-0.2, 0) is 5.60 Å². The molecule has 0 amide bonds. The van der Waals surface area contributed by atoms with E-state index in [9.17, 15) is 13.9 Å². The molecule has 1 fully saturated rings. The van der Waals surface area contributed by atoms with Crippen molar-refractivity contribution < 1.29 is 13.9 Å². The van der Waals surface area contributed by atoms with E-state index in [4.69, 9.17) is 0 Å². The average Bonchev–Trinajstić information content (AvgIpc) is 2.42. The van der Waals surface area contributed by atoms with Crippen LogP contribution >= 0.6 is 0 Å². The average molecular weight is 241 g/mol. The second kappa shape index (κ2) is 4.70. The van der Waals surface area contributed by atoms with Crippen molar-refractivity contribution in [3.8, 4) is 0 Å². The van der Waals surface area contributed by atoms with Gasteiger partial charge in [0.05, 0.1) is 5.60 Å². The molecule has 1 aromatic rings. The summed E-state index contributed by atoms with van der Waals surface area (Å²) in [6, 6.07) is 3.39. The second-order valence-electron chi connectivity index (χ2n) is 4.81. The van der Waals surface area contributed by atoms with Crippen LogP contribution in [0.25, 0.3) is 0 Å². The molecule has 2 nitrogen and oxygen atoms in total. The summed E-state index contributed by atoms with van der Waals surface area (Å²) < 4.78 is 26.5. The SMILES string of the molecule is CN1CCCC(O)(c2ccc(F)cc2F)CC1. The van der Waals surface area contributed by atoms with Crippen molar-refractivity contribution in [3.63, 3.8) is 0 Å². The summed E-state index contributed by atoms with van der Waals surface area (Å²) in [5.74, 6) is -1.27. The lowest BCUT2D eigenvalue weighted by Crippen LogP contribution is -2.28. The van der Waals surface area contributed by atoms with Crippen LogP contribution in [0.15, 0.2) is 18.2 Å². The minimum atomic E-state index is -1.16. The van der Waals surface area contributed by atoms with Crippen LogP contribution in [0.1, 0.15) is 24.8 Å². The highest BCUT2D eigenvalue weighted by atomic mass is 19.1. The Balaban J connectivity index is 2.30. The number of rotatable bonds is 1. The maximum absolute atomic E-state index is 13.7. The molecule has 0 saturated carbocycles. The third-order valence-electron chi connectivity index (χ3n) is 3.47. The van der Waals surface area contributed by atoms with E-state index in [1.54, 1.807) is 0 Å². The van der Waals surface area contributed by atoms with Gasteiger partial charge >= 0.3 is 0 Å². The fraction of sp³-hybridized carbons (Fsp3) is 0.538. The molecule has 2 rings (SSSR count). The summed E-state index contributed by atoms with van der Waals surface area (Å²) in [7, 11) is 1.98. The molecule has 1 aliphatic rings. The Kier molecular flexibility index (Phi) is 3.45. The lowest BCUT2D eigenvalue weighted by Gasteiger charge is -2.27. The minimum Gasteiger partial charge on any atom is -0.385 e. The Morgan fingerprint density at radius 3 is 2.71 bits per heavy atom. The lowest BCUT2D eigenvalue weighted by atomic mass is 9.86. The number of hydrogen-bond donors (Lipinski definition) is 1. The maximum Gasteiger partial charge on any atom is 0.132 e. The molecule has 0 radical (unpaired) electrons. The molecule has 1 aromatic carbocycles. The zero-order chi connectivity index (χ0) is 12.5.